The maximum atomic E-state index is 13.2. The summed E-state index contributed by atoms with van der Waals surface area (Å²) in [6, 6.07) is 22.9. The molecule has 3 aromatic rings. The van der Waals surface area contributed by atoms with Crippen LogP contribution in [-0.4, -0.2) is 53.2 Å². The fourth-order valence-electron chi connectivity index (χ4n) is 4.40. The zero-order valence-electron chi connectivity index (χ0n) is 24.1. The lowest BCUT2D eigenvalue weighted by Gasteiger charge is -2.28. The molecule has 44 heavy (non-hydrogen) atoms. The van der Waals surface area contributed by atoms with Crippen LogP contribution >= 0.6 is 0 Å². The van der Waals surface area contributed by atoms with Crippen LogP contribution in [0, 0.1) is 0 Å². The lowest BCUT2D eigenvalue weighted by Crippen LogP contribution is -2.35. The quantitative estimate of drug-likeness (QED) is 0.111. The van der Waals surface area contributed by atoms with E-state index >= 15 is 0 Å². The van der Waals surface area contributed by atoms with Crippen LogP contribution in [0.25, 0.3) is 0 Å². The highest BCUT2D eigenvalue weighted by molar-refractivity contribution is 5.95. The van der Waals surface area contributed by atoms with Crippen LogP contribution in [0.5, 0.6) is 5.75 Å². The Morgan fingerprint density at radius 3 is 2.36 bits per heavy atom. The molecule has 0 fully saturated rings. The summed E-state index contributed by atoms with van der Waals surface area (Å²) >= 11 is 0. The van der Waals surface area contributed by atoms with Gasteiger partial charge in [0.15, 0.2) is 6.61 Å². The van der Waals surface area contributed by atoms with Gasteiger partial charge in [-0.15, -0.1) is 0 Å². The smallest absolute Gasteiger partial charge is 0.306 e. The van der Waals surface area contributed by atoms with Crippen molar-refractivity contribution >= 4 is 29.9 Å². The molecule has 0 bridgehead atoms. The fraction of sp³-hybridized carbons (Fsp3) is 0.242. The number of nitrogens with one attached hydrogen (secondary N) is 2. The lowest BCUT2D eigenvalue weighted by molar-refractivity contribution is -0.152. The number of esters is 1. The molecule has 0 spiro atoms. The molecular formula is C33H34N4O7. The number of benzene rings is 3. The second-order valence-corrected chi connectivity index (χ2v) is 10.0. The van der Waals surface area contributed by atoms with Crippen molar-refractivity contribution < 1.29 is 33.9 Å². The van der Waals surface area contributed by atoms with Crippen molar-refractivity contribution in [3.8, 4) is 5.75 Å². The third kappa shape index (κ3) is 9.92. The van der Waals surface area contributed by atoms with E-state index in [4.69, 9.17) is 14.7 Å². The van der Waals surface area contributed by atoms with Crippen molar-refractivity contribution in [2.45, 2.75) is 38.3 Å². The zero-order valence-corrected chi connectivity index (χ0v) is 24.1. The molecule has 0 saturated heterocycles. The first-order valence-corrected chi connectivity index (χ1v) is 14.2. The van der Waals surface area contributed by atoms with E-state index in [1.54, 1.807) is 4.90 Å². The van der Waals surface area contributed by atoms with E-state index in [2.05, 4.69) is 10.5 Å². The number of nitrogens with zero attached hydrogens (tertiary/aromatic N) is 2. The molecule has 3 amide bonds. The van der Waals surface area contributed by atoms with Crippen molar-refractivity contribution in [3.63, 3.8) is 0 Å². The number of hydrazone groups is 1. The Hall–Kier alpha value is -5.29. The Balaban J connectivity index is 1.37. The van der Waals surface area contributed by atoms with Gasteiger partial charge < -0.3 is 14.4 Å². The molecule has 1 aliphatic heterocycles. The maximum Gasteiger partial charge on any atom is 0.306 e. The van der Waals surface area contributed by atoms with E-state index in [1.165, 1.54) is 36.0 Å². The van der Waals surface area contributed by atoms with Crippen molar-refractivity contribution in [1.82, 2.24) is 15.8 Å². The van der Waals surface area contributed by atoms with Crippen molar-refractivity contribution in [2.75, 3.05) is 13.2 Å². The van der Waals surface area contributed by atoms with Crippen LogP contribution in [0.2, 0.25) is 0 Å². The monoisotopic (exact) mass is 598 g/mol. The third-order valence-electron chi connectivity index (χ3n) is 6.73. The summed E-state index contributed by atoms with van der Waals surface area (Å²) in [5.41, 5.74) is 6.72. The van der Waals surface area contributed by atoms with Gasteiger partial charge in [0.05, 0.1) is 12.8 Å². The van der Waals surface area contributed by atoms with Gasteiger partial charge >= 0.3 is 5.97 Å². The number of rotatable bonds is 9. The van der Waals surface area contributed by atoms with Gasteiger partial charge in [0.2, 0.25) is 5.91 Å². The van der Waals surface area contributed by atoms with Crippen LogP contribution in [0.4, 0.5) is 0 Å². The minimum absolute atomic E-state index is 0.0317. The number of hydrogen-bond acceptors (Lipinski definition) is 8. The number of carbonyl (C=O) groups excluding carboxylic acids is 4. The summed E-state index contributed by atoms with van der Waals surface area (Å²) < 4.78 is 11.0. The molecule has 0 saturated carbocycles. The van der Waals surface area contributed by atoms with Crippen LogP contribution in [0.3, 0.4) is 0 Å². The van der Waals surface area contributed by atoms with E-state index in [9.17, 15) is 19.2 Å². The number of allylic oxidation sites excluding steroid dienone is 2. The SMILES string of the molecule is O=C(COc1ccc(C(=O)N/N=C/c2ccc(CN3C[C@@H](c4ccccc4)OC(=O)CC/C=C/CCC3=O)cc2)cc1)NO. The number of amides is 3. The summed E-state index contributed by atoms with van der Waals surface area (Å²) in [6.45, 7) is 0.210. The average Bonchev–Trinajstić information content (AvgIpc) is 3.05. The molecule has 0 aliphatic carbocycles. The second-order valence-electron chi connectivity index (χ2n) is 10.0. The van der Waals surface area contributed by atoms with Gasteiger partial charge in [-0.2, -0.15) is 5.10 Å². The van der Waals surface area contributed by atoms with E-state index in [0.717, 1.165) is 16.7 Å². The molecule has 1 aliphatic rings. The molecule has 1 heterocycles. The minimum Gasteiger partial charge on any atom is -0.484 e. The van der Waals surface area contributed by atoms with Gasteiger partial charge in [0.25, 0.3) is 11.8 Å². The molecular weight excluding hydrogens is 564 g/mol. The van der Waals surface area contributed by atoms with Crippen molar-refractivity contribution in [2.24, 2.45) is 5.10 Å². The van der Waals surface area contributed by atoms with Crippen LogP contribution in [0.1, 0.15) is 58.8 Å². The van der Waals surface area contributed by atoms with Crippen molar-refractivity contribution in [1.29, 1.82) is 0 Å². The fourth-order valence-corrected chi connectivity index (χ4v) is 4.40. The van der Waals surface area contributed by atoms with E-state index in [1.807, 2.05) is 66.7 Å². The van der Waals surface area contributed by atoms with Crippen LogP contribution in [0.15, 0.2) is 96.1 Å². The highest BCUT2D eigenvalue weighted by Gasteiger charge is 2.24. The predicted molar refractivity (Wildman–Crippen MR) is 162 cm³/mol. The largest absolute Gasteiger partial charge is 0.484 e. The standard InChI is InChI=1S/C33H34N4O7/c38-30(36-42)23-43-28-18-16-27(17-19-28)33(41)35-34-20-24-12-14-25(15-13-24)21-37-22-29(26-8-4-3-5-9-26)44-32(40)11-7-2-1-6-10-31(37)39/h1-5,8-9,12-20,29,42H,6-7,10-11,21-23H2,(H,35,41)(H,36,38)/b2-1+,34-20+/t29-/m0/s1. The number of cyclic esters (lactones) is 1. The van der Waals surface area contributed by atoms with E-state index in [0.29, 0.717) is 37.1 Å². The van der Waals surface area contributed by atoms with Gasteiger partial charge in [-0.1, -0.05) is 66.7 Å². The van der Waals surface area contributed by atoms with Gasteiger partial charge in [-0.3, -0.25) is 24.4 Å². The van der Waals surface area contributed by atoms with Gasteiger partial charge in [0.1, 0.15) is 11.9 Å². The van der Waals surface area contributed by atoms with Crippen molar-refractivity contribution in [3.05, 3.63) is 113 Å². The molecule has 4 rings (SSSR count). The molecule has 228 valence electrons. The second kappa shape index (κ2) is 16.4. The normalized spacial score (nSPS) is 16.8. The summed E-state index contributed by atoms with van der Waals surface area (Å²) in [7, 11) is 0. The number of carbonyl (C=O) groups is 4. The third-order valence-corrected chi connectivity index (χ3v) is 6.73. The number of hydrogen-bond donors (Lipinski definition) is 3. The molecule has 3 N–H and O–H groups in total. The summed E-state index contributed by atoms with van der Waals surface area (Å²) in [5.74, 6) is -1.11. The van der Waals surface area contributed by atoms with Gasteiger partial charge in [0, 0.05) is 24.9 Å². The van der Waals surface area contributed by atoms with Gasteiger partial charge in [-0.25, -0.2) is 10.9 Å². The maximum absolute atomic E-state index is 13.2. The molecule has 3 aromatic carbocycles. The van der Waals surface area contributed by atoms with Crippen LogP contribution < -0.4 is 15.6 Å². The Morgan fingerprint density at radius 1 is 0.955 bits per heavy atom. The molecule has 0 unspecified atom stereocenters. The lowest BCUT2D eigenvalue weighted by atomic mass is 10.1. The molecule has 11 nitrogen and oxygen atoms in total. The summed E-state index contributed by atoms with van der Waals surface area (Å²) in [4.78, 5) is 50.9. The Morgan fingerprint density at radius 2 is 1.66 bits per heavy atom. The first-order valence-electron chi connectivity index (χ1n) is 14.2. The summed E-state index contributed by atoms with van der Waals surface area (Å²) in [5, 5.41) is 12.5. The Bertz CT molecular complexity index is 1470. The average molecular weight is 599 g/mol. The number of ether oxygens (including phenoxy) is 2. The molecule has 0 radical (unpaired) electrons. The first kappa shape index (κ1) is 31.6. The van der Waals surface area contributed by atoms with Gasteiger partial charge in [-0.05, 0) is 53.8 Å². The predicted octanol–water partition coefficient (Wildman–Crippen LogP) is 4.08. The highest BCUT2D eigenvalue weighted by atomic mass is 16.5. The Labute approximate surface area is 255 Å². The highest BCUT2D eigenvalue weighted by Crippen LogP contribution is 2.23. The molecule has 1 atom stereocenters. The zero-order chi connectivity index (χ0) is 31.1. The van der Waals surface area contributed by atoms with Crippen LogP contribution in [-0.2, 0) is 25.7 Å². The summed E-state index contributed by atoms with van der Waals surface area (Å²) in [6.07, 6.45) is 6.58. The topological polar surface area (TPSA) is 147 Å². The van der Waals surface area contributed by atoms with E-state index in [-0.39, 0.29) is 31.4 Å². The Kier molecular flexibility index (Phi) is 11.8. The molecule has 0 aromatic heterocycles. The number of hydroxylamine groups is 1. The minimum atomic E-state index is -0.696. The first-order chi connectivity index (χ1) is 21.4. The van der Waals surface area contributed by atoms with E-state index < -0.39 is 17.9 Å². The molecule has 11 heteroatoms.